The highest BCUT2D eigenvalue weighted by Gasteiger charge is 2.25. The molecule has 0 saturated carbocycles. The molecule has 0 spiro atoms. The number of morpholine rings is 1. The Morgan fingerprint density at radius 1 is 1.22 bits per heavy atom. The molecule has 8 nitrogen and oxygen atoms in total. The predicted molar refractivity (Wildman–Crippen MR) is 120 cm³/mol. The summed E-state index contributed by atoms with van der Waals surface area (Å²) in [6.07, 6.45) is 2.25. The van der Waals surface area contributed by atoms with Gasteiger partial charge in [0.1, 0.15) is 17.3 Å². The second-order valence-corrected chi connectivity index (χ2v) is 8.24. The normalized spacial score (nSPS) is 17.3. The number of hydrogen-bond donors (Lipinski definition) is 2. The molecular formula is C24H31N3O5. The molecule has 1 unspecified atom stereocenters. The van der Waals surface area contributed by atoms with E-state index in [0.29, 0.717) is 45.6 Å². The molecule has 172 valence electrons. The highest BCUT2D eigenvalue weighted by molar-refractivity contribution is 5.94. The first-order chi connectivity index (χ1) is 15.6. The number of nitrogens with zero attached hydrogens (tertiary/aromatic N) is 1. The number of rotatable bonds is 9. The smallest absolute Gasteiger partial charge is 0.224 e. The van der Waals surface area contributed by atoms with Crippen LogP contribution in [0.4, 0.5) is 5.69 Å². The topological polar surface area (TPSA) is 93.0 Å². The van der Waals surface area contributed by atoms with E-state index in [4.69, 9.17) is 13.9 Å². The third-order valence-electron chi connectivity index (χ3n) is 5.86. The van der Waals surface area contributed by atoms with Crippen LogP contribution in [0, 0.1) is 6.92 Å². The second kappa shape index (κ2) is 10.7. The monoisotopic (exact) mass is 441 g/mol. The molecule has 1 fully saturated rings. The van der Waals surface area contributed by atoms with Crippen LogP contribution in [0.1, 0.15) is 42.4 Å². The SMILES string of the molecule is Cc1ccc(C(CNC(=O)CCCOc2ccc3c(c2)CCC(=O)N3)N2CCOCC2)o1. The standard InChI is InChI=1S/C24H31N3O5/c1-17-4-8-22(32-17)21(27-10-13-30-14-11-27)16-25-23(28)3-2-12-31-19-6-7-20-18(15-19)5-9-24(29)26-20/h4,6-8,15,21H,2-3,5,9-14,16H2,1H3,(H,25,28)(H,26,29). The van der Waals surface area contributed by atoms with Gasteiger partial charge in [-0.15, -0.1) is 0 Å². The third-order valence-corrected chi connectivity index (χ3v) is 5.86. The van der Waals surface area contributed by atoms with Crippen LogP contribution < -0.4 is 15.4 Å². The Hall–Kier alpha value is -2.84. The van der Waals surface area contributed by atoms with Crippen molar-refractivity contribution in [2.24, 2.45) is 0 Å². The molecule has 1 atom stereocenters. The maximum Gasteiger partial charge on any atom is 0.224 e. The lowest BCUT2D eigenvalue weighted by atomic mass is 10.0. The molecule has 0 aliphatic carbocycles. The first-order valence-electron chi connectivity index (χ1n) is 11.3. The Balaban J connectivity index is 1.21. The summed E-state index contributed by atoms with van der Waals surface area (Å²) in [5.74, 6) is 2.56. The van der Waals surface area contributed by atoms with Gasteiger partial charge in [-0.1, -0.05) is 0 Å². The summed E-state index contributed by atoms with van der Waals surface area (Å²) in [7, 11) is 0. The number of anilines is 1. The first-order valence-corrected chi connectivity index (χ1v) is 11.3. The van der Waals surface area contributed by atoms with E-state index in [-0.39, 0.29) is 17.9 Å². The molecule has 8 heteroatoms. The maximum atomic E-state index is 12.4. The number of ether oxygens (including phenoxy) is 2. The predicted octanol–water partition coefficient (Wildman–Crippen LogP) is 2.82. The first kappa shape index (κ1) is 22.4. The molecule has 2 aliphatic heterocycles. The van der Waals surface area contributed by atoms with Crippen LogP contribution in [0.3, 0.4) is 0 Å². The van der Waals surface area contributed by atoms with Gasteiger partial charge in [-0.2, -0.15) is 0 Å². The average Bonchev–Trinajstić information content (AvgIpc) is 3.23. The van der Waals surface area contributed by atoms with Gasteiger partial charge in [0.05, 0.1) is 25.9 Å². The van der Waals surface area contributed by atoms with Gasteiger partial charge in [0.25, 0.3) is 0 Å². The van der Waals surface area contributed by atoms with Crippen LogP contribution in [-0.2, 0) is 20.7 Å². The molecule has 2 aromatic rings. The summed E-state index contributed by atoms with van der Waals surface area (Å²) in [5, 5.41) is 5.92. The number of aryl methyl sites for hydroxylation is 2. The molecule has 0 radical (unpaired) electrons. The lowest BCUT2D eigenvalue weighted by Crippen LogP contribution is -2.43. The highest BCUT2D eigenvalue weighted by atomic mass is 16.5. The lowest BCUT2D eigenvalue weighted by molar-refractivity contribution is -0.121. The van der Waals surface area contributed by atoms with Gasteiger partial charge in [0.2, 0.25) is 11.8 Å². The number of amides is 2. The number of hydrogen-bond acceptors (Lipinski definition) is 6. The summed E-state index contributed by atoms with van der Waals surface area (Å²) >= 11 is 0. The average molecular weight is 442 g/mol. The molecule has 1 aromatic heterocycles. The Morgan fingerprint density at radius 3 is 2.84 bits per heavy atom. The number of furan rings is 1. The summed E-state index contributed by atoms with van der Waals surface area (Å²) in [5.41, 5.74) is 1.94. The molecule has 4 rings (SSSR count). The largest absolute Gasteiger partial charge is 0.494 e. The van der Waals surface area contributed by atoms with Gasteiger partial charge < -0.3 is 24.5 Å². The minimum Gasteiger partial charge on any atom is -0.494 e. The van der Waals surface area contributed by atoms with E-state index in [2.05, 4.69) is 15.5 Å². The molecule has 2 amide bonds. The number of carbonyl (C=O) groups excluding carboxylic acids is 2. The molecule has 2 N–H and O–H groups in total. The zero-order chi connectivity index (χ0) is 22.3. The Kier molecular flexibility index (Phi) is 7.44. The van der Waals surface area contributed by atoms with E-state index >= 15 is 0 Å². The van der Waals surface area contributed by atoms with Crippen LogP contribution in [0.25, 0.3) is 0 Å². The number of fused-ring (bicyclic) bond motifs is 1. The van der Waals surface area contributed by atoms with Crippen LogP contribution in [0.5, 0.6) is 5.75 Å². The van der Waals surface area contributed by atoms with Crippen molar-refractivity contribution < 1.29 is 23.5 Å². The van der Waals surface area contributed by atoms with Crippen LogP contribution in [0.2, 0.25) is 0 Å². The van der Waals surface area contributed by atoms with E-state index in [0.717, 1.165) is 48.0 Å². The summed E-state index contributed by atoms with van der Waals surface area (Å²) in [6, 6.07) is 9.63. The lowest BCUT2D eigenvalue weighted by Gasteiger charge is -2.33. The maximum absolute atomic E-state index is 12.4. The van der Waals surface area contributed by atoms with Crippen LogP contribution in [-0.4, -0.2) is 56.2 Å². The van der Waals surface area contributed by atoms with Crippen molar-refractivity contribution >= 4 is 17.5 Å². The number of benzene rings is 1. The molecule has 1 aromatic carbocycles. The Labute approximate surface area is 188 Å². The molecule has 1 saturated heterocycles. The minimum atomic E-state index is 0.00305. The third kappa shape index (κ3) is 5.89. The van der Waals surface area contributed by atoms with Gasteiger partial charge in [0, 0.05) is 38.2 Å². The van der Waals surface area contributed by atoms with E-state index in [1.54, 1.807) is 0 Å². The van der Waals surface area contributed by atoms with Crippen LogP contribution >= 0.6 is 0 Å². The van der Waals surface area contributed by atoms with E-state index < -0.39 is 0 Å². The minimum absolute atomic E-state index is 0.00305. The van der Waals surface area contributed by atoms with Crippen molar-refractivity contribution in [3.05, 3.63) is 47.4 Å². The van der Waals surface area contributed by atoms with Crippen molar-refractivity contribution in [3.63, 3.8) is 0 Å². The molecule has 2 aliphatic rings. The fourth-order valence-electron chi connectivity index (χ4n) is 4.10. The Morgan fingerprint density at radius 2 is 2.06 bits per heavy atom. The molecule has 3 heterocycles. The zero-order valence-electron chi connectivity index (χ0n) is 18.5. The Bertz CT molecular complexity index is 935. The summed E-state index contributed by atoms with van der Waals surface area (Å²) < 4.78 is 17.1. The molecule has 0 bridgehead atoms. The van der Waals surface area contributed by atoms with E-state index in [1.165, 1.54) is 0 Å². The molecule has 32 heavy (non-hydrogen) atoms. The van der Waals surface area contributed by atoms with Gasteiger partial charge in [0.15, 0.2) is 0 Å². The van der Waals surface area contributed by atoms with Crippen molar-refractivity contribution in [2.75, 3.05) is 44.8 Å². The van der Waals surface area contributed by atoms with Gasteiger partial charge in [-0.05, 0) is 55.7 Å². The highest BCUT2D eigenvalue weighted by Crippen LogP contribution is 2.27. The van der Waals surface area contributed by atoms with E-state index in [1.807, 2.05) is 37.3 Å². The molecular weight excluding hydrogens is 410 g/mol. The number of carbonyl (C=O) groups is 2. The van der Waals surface area contributed by atoms with Gasteiger partial charge in [-0.3, -0.25) is 14.5 Å². The van der Waals surface area contributed by atoms with Gasteiger partial charge >= 0.3 is 0 Å². The fourth-order valence-corrected chi connectivity index (χ4v) is 4.10. The quantitative estimate of drug-likeness (QED) is 0.582. The van der Waals surface area contributed by atoms with Crippen molar-refractivity contribution in [2.45, 2.75) is 38.6 Å². The second-order valence-electron chi connectivity index (χ2n) is 8.24. The van der Waals surface area contributed by atoms with Crippen molar-refractivity contribution in [1.29, 1.82) is 0 Å². The summed E-state index contributed by atoms with van der Waals surface area (Å²) in [4.78, 5) is 26.2. The fraction of sp³-hybridized carbons (Fsp3) is 0.500. The van der Waals surface area contributed by atoms with E-state index in [9.17, 15) is 9.59 Å². The zero-order valence-corrected chi connectivity index (χ0v) is 18.5. The number of nitrogens with one attached hydrogen (secondary N) is 2. The van der Waals surface area contributed by atoms with Crippen LogP contribution in [0.15, 0.2) is 34.7 Å². The van der Waals surface area contributed by atoms with Gasteiger partial charge in [-0.25, -0.2) is 0 Å². The summed E-state index contributed by atoms with van der Waals surface area (Å²) in [6.45, 7) is 5.91. The van der Waals surface area contributed by atoms with Crippen molar-refractivity contribution in [1.82, 2.24) is 10.2 Å². The van der Waals surface area contributed by atoms with Crippen molar-refractivity contribution in [3.8, 4) is 5.75 Å².